The first-order chi connectivity index (χ1) is 23.0. The number of hydrogen-bond donors (Lipinski definition) is 0. The van der Waals surface area contributed by atoms with E-state index in [4.69, 9.17) is 8.83 Å². The van der Waals surface area contributed by atoms with Crippen molar-refractivity contribution in [3.8, 4) is 11.1 Å². The molecule has 2 nitrogen and oxygen atoms in total. The molecule has 0 bridgehead atoms. The third-order valence-electron chi connectivity index (χ3n) is 10.8. The van der Waals surface area contributed by atoms with E-state index in [-0.39, 0.29) is 10.8 Å². The van der Waals surface area contributed by atoms with Crippen molar-refractivity contribution in [2.24, 2.45) is 0 Å². The minimum atomic E-state index is -0.581. The molecule has 1 aliphatic rings. The predicted molar refractivity (Wildman–Crippen MR) is 200 cm³/mol. The van der Waals surface area contributed by atoms with Gasteiger partial charge in [0.25, 0.3) is 0 Å². The molecule has 236 valence electrons. The molecular weight excluding hydrogens is 585 g/mol. The molecule has 0 saturated carbocycles. The van der Waals surface area contributed by atoms with E-state index in [9.17, 15) is 0 Å². The van der Waals surface area contributed by atoms with Crippen molar-refractivity contribution in [2.45, 2.75) is 64.7 Å². The quantitative estimate of drug-likeness (QED) is 0.191. The summed E-state index contributed by atoms with van der Waals surface area (Å²) in [6.07, 6.45) is 0. The monoisotopic (exact) mass is 624 g/mol. The summed E-state index contributed by atoms with van der Waals surface area (Å²) in [5.74, 6) is 0. The van der Waals surface area contributed by atoms with E-state index in [1.54, 1.807) is 0 Å². The molecule has 6 aromatic carbocycles. The molecule has 48 heavy (non-hydrogen) atoms. The summed E-state index contributed by atoms with van der Waals surface area (Å²) in [5.41, 5.74) is 14.4. The summed E-state index contributed by atoms with van der Waals surface area (Å²) in [4.78, 5) is 0. The molecule has 0 radical (unpaired) electrons. The number of fused-ring (bicyclic) bond motifs is 11. The molecule has 0 amide bonds. The smallest absolute Gasteiger partial charge is 0.143 e. The van der Waals surface area contributed by atoms with Gasteiger partial charge >= 0.3 is 0 Å². The molecule has 0 unspecified atom stereocenters. The van der Waals surface area contributed by atoms with Gasteiger partial charge in [0, 0.05) is 32.7 Å². The van der Waals surface area contributed by atoms with Crippen molar-refractivity contribution in [3.63, 3.8) is 0 Å². The fraction of sp³-hybridized carbons (Fsp3) is 0.217. The Labute approximate surface area is 282 Å². The minimum Gasteiger partial charge on any atom is -0.456 e. The van der Waals surface area contributed by atoms with Crippen LogP contribution in [0.4, 0.5) is 0 Å². The number of aryl methyl sites for hydroxylation is 1. The van der Waals surface area contributed by atoms with Crippen LogP contribution in [0.3, 0.4) is 0 Å². The van der Waals surface area contributed by atoms with Crippen LogP contribution in [-0.2, 0) is 16.2 Å². The number of hydrogen-bond acceptors (Lipinski definition) is 2. The summed E-state index contributed by atoms with van der Waals surface area (Å²) in [7, 11) is 0. The average Bonchev–Trinajstić information content (AvgIpc) is 3.72. The van der Waals surface area contributed by atoms with Crippen LogP contribution in [-0.4, -0.2) is 0 Å². The maximum absolute atomic E-state index is 6.93. The highest BCUT2D eigenvalue weighted by atomic mass is 16.3. The van der Waals surface area contributed by atoms with Crippen LogP contribution in [0.2, 0.25) is 0 Å². The zero-order chi connectivity index (χ0) is 33.2. The first-order valence-electron chi connectivity index (χ1n) is 17.1. The van der Waals surface area contributed by atoms with E-state index in [1.165, 1.54) is 55.5 Å². The van der Waals surface area contributed by atoms with Crippen LogP contribution in [0.1, 0.15) is 80.5 Å². The van der Waals surface area contributed by atoms with E-state index in [0.29, 0.717) is 0 Å². The minimum absolute atomic E-state index is 0.0461. The van der Waals surface area contributed by atoms with Crippen LogP contribution >= 0.6 is 0 Å². The molecule has 0 N–H and O–H groups in total. The topological polar surface area (TPSA) is 26.3 Å². The lowest BCUT2D eigenvalue weighted by molar-refractivity contribution is 0.588. The van der Waals surface area contributed by atoms with Gasteiger partial charge in [0.05, 0.1) is 5.41 Å². The highest BCUT2D eigenvalue weighted by molar-refractivity contribution is 6.21. The SMILES string of the molecule is Cc1cc2c(c3oc4ccccc4c13)-c1c(ccc3oc4ccccc4c13)C2(c1ccc(C(C)(C)C)cc1)c1ccc(C(C)(C)C)cc1. The molecule has 9 rings (SSSR count). The fourth-order valence-corrected chi connectivity index (χ4v) is 8.40. The molecule has 2 heteroatoms. The predicted octanol–water partition coefficient (Wildman–Crippen LogP) is 12.8. The van der Waals surface area contributed by atoms with Gasteiger partial charge in [0.1, 0.15) is 22.3 Å². The van der Waals surface area contributed by atoms with Crippen molar-refractivity contribution in [1.82, 2.24) is 0 Å². The number of para-hydroxylation sites is 2. The third kappa shape index (κ3) is 3.86. The summed E-state index contributed by atoms with van der Waals surface area (Å²) < 4.78 is 13.5. The zero-order valence-corrected chi connectivity index (χ0v) is 28.8. The van der Waals surface area contributed by atoms with Gasteiger partial charge in [-0.3, -0.25) is 0 Å². The Morgan fingerprint density at radius 1 is 0.479 bits per heavy atom. The Bertz CT molecular complexity index is 2500. The molecule has 0 saturated heterocycles. The van der Waals surface area contributed by atoms with Crippen LogP contribution in [0.25, 0.3) is 55.0 Å². The molecule has 0 aliphatic heterocycles. The van der Waals surface area contributed by atoms with E-state index in [0.717, 1.165) is 38.5 Å². The number of benzene rings is 6. The Hall–Kier alpha value is -5.08. The molecule has 8 aromatic rings. The Morgan fingerprint density at radius 2 is 1.00 bits per heavy atom. The molecule has 0 spiro atoms. The maximum atomic E-state index is 6.93. The van der Waals surface area contributed by atoms with E-state index in [1.807, 2.05) is 0 Å². The van der Waals surface area contributed by atoms with Crippen molar-refractivity contribution >= 4 is 43.9 Å². The van der Waals surface area contributed by atoms with E-state index in [2.05, 4.69) is 164 Å². The average molecular weight is 625 g/mol. The first-order valence-corrected chi connectivity index (χ1v) is 17.1. The third-order valence-corrected chi connectivity index (χ3v) is 10.8. The summed E-state index contributed by atoms with van der Waals surface area (Å²) in [5, 5.41) is 4.61. The Morgan fingerprint density at radius 3 is 1.56 bits per heavy atom. The van der Waals surface area contributed by atoms with Gasteiger partial charge in [0.15, 0.2) is 0 Å². The van der Waals surface area contributed by atoms with Gasteiger partial charge in [-0.25, -0.2) is 0 Å². The van der Waals surface area contributed by atoms with E-state index < -0.39 is 5.41 Å². The van der Waals surface area contributed by atoms with E-state index >= 15 is 0 Å². The molecule has 0 fully saturated rings. The standard InChI is InChI=1S/C46H40O2/c1-27-26-35-42(43-39(27)32-12-8-11-15-37(32)48-43)41-34(24-25-38-40(41)33-13-9-10-14-36(33)47-38)46(35,30-20-16-28(17-21-30)44(2,3)4)31-22-18-29(19-23-31)45(5,6)7/h8-26H,1-7H3. The molecule has 2 heterocycles. The van der Waals surface area contributed by atoms with Gasteiger partial charge in [0.2, 0.25) is 0 Å². The van der Waals surface area contributed by atoms with Gasteiger partial charge < -0.3 is 8.83 Å². The molecular formula is C46H40O2. The molecule has 2 aromatic heterocycles. The van der Waals surface area contributed by atoms with Crippen molar-refractivity contribution in [2.75, 3.05) is 0 Å². The van der Waals surface area contributed by atoms with Gasteiger partial charge in [-0.15, -0.1) is 0 Å². The Balaban J connectivity index is 1.51. The summed E-state index contributed by atoms with van der Waals surface area (Å²) >= 11 is 0. The number of furan rings is 2. The lowest BCUT2D eigenvalue weighted by Crippen LogP contribution is -2.29. The highest BCUT2D eigenvalue weighted by Crippen LogP contribution is 2.61. The fourth-order valence-electron chi connectivity index (χ4n) is 8.40. The summed E-state index contributed by atoms with van der Waals surface area (Å²) in [6.45, 7) is 15.9. The highest BCUT2D eigenvalue weighted by Gasteiger charge is 2.49. The normalized spacial score (nSPS) is 14.3. The zero-order valence-electron chi connectivity index (χ0n) is 28.8. The second-order valence-corrected chi connectivity index (χ2v) is 15.8. The number of rotatable bonds is 2. The van der Waals surface area contributed by atoms with Crippen LogP contribution in [0, 0.1) is 6.92 Å². The first kappa shape index (κ1) is 29.1. The Kier molecular flexibility index (Phi) is 5.90. The van der Waals surface area contributed by atoms with Crippen LogP contribution in [0.15, 0.2) is 124 Å². The van der Waals surface area contributed by atoms with Crippen molar-refractivity contribution < 1.29 is 8.83 Å². The lowest BCUT2D eigenvalue weighted by Gasteiger charge is -2.35. The summed E-state index contributed by atoms with van der Waals surface area (Å²) in [6, 6.07) is 42.6. The molecule has 0 atom stereocenters. The molecule has 1 aliphatic carbocycles. The largest absolute Gasteiger partial charge is 0.456 e. The lowest BCUT2D eigenvalue weighted by atomic mass is 9.66. The van der Waals surface area contributed by atoms with Crippen LogP contribution < -0.4 is 0 Å². The second-order valence-electron chi connectivity index (χ2n) is 15.8. The maximum Gasteiger partial charge on any atom is 0.143 e. The van der Waals surface area contributed by atoms with Crippen molar-refractivity contribution in [1.29, 1.82) is 0 Å². The second kappa shape index (κ2) is 9.73. The van der Waals surface area contributed by atoms with Crippen LogP contribution in [0.5, 0.6) is 0 Å². The van der Waals surface area contributed by atoms with Gasteiger partial charge in [-0.05, 0) is 74.9 Å². The van der Waals surface area contributed by atoms with Gasteiger partial charge in [-0.2, -0.15) is 0 Å². The van der Waals surface area contributed by atoms with Crippen molar-refractivity contribution in [3.05, 3.63) is 154 Å². The van der Waals surface area contributed by atoms with Gasteiger partial charge in [-0.1, -0.05) is 139 Å².